The first-order valence-electron chi connectivity index (χ1n) is 8.57. The van der Waals surface area contributed by atoms with Crippen LogP contribution in [0.4, 0.5) is 11.4 Å². The van der Waals surface area contributed by atoms with Crippen molar-refractivity contribution in [1.29, 1.82) is 0 Å². The summed E-state index contributed by atoms with van der Waals surface area (Å²) < 4.78 is 26.5. The largest absolute Gasteiger partial charge is 0.325 e. The van der Waals surface area contributed by atoms with E-state index in [1.807, 2.05) is 25.1 Å². The maximum atomic E-state index is 12.6. The molecule has 1 atom stereocenters. The van der Waals surface area contributed by atoms with Gasteiger partial charge in [-0.3, -0.25) is 4.79 Å². The monoisotopic (exact) mass is 435 g/mol. The van der Waals surface area contributed by atoms with Crippen molar-refractivity contribution in [2.45, 2.75) is 22.8 Å². The number of thioether (sulfide) groups is 2. The summed E-state index contributed by atoms with van der Waals surface area (Å²) in [7, 11) is -0.608. The first-order valence-corrected chi connectivity index (χ1v) is 11.9. The third-order valence-electron chi connectivity index (χ3n) is 4.08. The molecule has 1 N–H and O–H groups in total. The number of rotatable bonds is 5. The van der Waals surface area contributed by atoms with Gasteiger partial charge in [0.2, 0.25) is 15.9 Å². The van der Waals surface area contributed by atoms with E-state index in [0.29, 0.717) is 5.69 Å². The molecule has 148 valence electrons. The van der Waals surface area contributed by atoms with E-state index >= 15 is 0 Å². The Labute approximate surface area is 173 Å². The molecule has 0 radical (unpaired) electrons. The van der Waals surface area contributed by atoms with Crippen molar-refractivity contribution in [1.82, 2.24) is 4.31 Å². The fraction of sp³-hybridized carbons (Fsp3) is 0.263. The summed E-state index contributed by atoms with van der Waals surface area (Å²) >= 11 is 3.02. The summed E-state index contributed by atoms with van der Waals surface area (Å²) in [5.74, 6) is 0.632. The standard InChI is InChI=1S/C19H21N3O3S3/c1-13(27-19-21-17-10-5-4-7-14(17)12-26-19)18(23)20-15-8-6-9-16(11-15)28(24,25)22(2)3/h4-11,13H,12H2,1-3H3,(H,20,23). The van der Waals surface area contributed by atoms with Gasteiger partial charge in [0.25, 0.3) is 0 Å². The number of nitrogens with zero attached hydrogens (tertiary/aromatic N) is 2. The van der Waals surface area contributed by atoms with Crippen molar-refractivity contribution >= 4 is 55.2 Å². The lowest BCUT2D eigenvalue weighted by Crippen LogP contribution is -2.24. The van der Waals surface area contributed by atoms with Crippen LogP contribution in [-0.2, 0) is 20.6 Å². The van der Waals surface area contributed by atoms with E-state index in [0.717, 1.165) is 20.1 Å². The van der Waals surface area contributed by atoms with Crippen molar-refractivity contribution in [3.63, 3.8) is 0 Å². The van der Waals surface area contributed by atoms with Crippen LogP contribution in [0.15, 0.2) is 58.4 Å². The Hall–Kier alpha value is -1.81. The molecular weight excluding hydrogens is 414 g/mol. The van der Waals surface area contributed by atoms with Crippen LogP contribution >= 0.6 is 23.5 Å². The molecule has 0 saturated carbocycles. The minimum absolute atomic E-state index is 0.138. The van der Waals surface area contributed by atoms with Crippen LogP contribution in [0.3, 0.4) is 0 Å². The van der Waals surface area contributed by atoms with Gasteiger partial charge in [0.15, 0.2) is 0 Å². The third-order valence-corrected chi connectivity index (χ3v) is 8.19. The summed E-state index contributed by atoms with van der Waals surface area (Å²) in [6.07, 6.45) is 0. The van der Waals surface area contributed by atoms with E-state index in [9.17, 15) is 13.2 Å². The zero-order chi connectivity index (χ0) is 20.3. The molecule has 1 unspecified atom stereocenters. The van der Waals surface area contributed by atoms with E-state index in [4.69, 9.17) is 0 Å². The summed E-state index contributed by atoms with van der Waals surface area (Å²) in [5, 5.41) is 2.43. The van der Waals surface area contributed by atoms with Crippen LogP contribution in [0, 0.1) is 0 Å². The number of nitrogens with one attached hydrogen (secondary N) is 1. The van der Waals surface area contributed by atoms with Gasteiger partial charge in [0.05, 0.1) is 15.8 Å². The molecule has 9 heteroatoms. The van der Waals surface area contributed by atoms with Crippen molar-refractivity contribution < 1.29 is 13.2 Å². The number of hydrogen-bond acceptors (Lipinski definition) is 6. The Balaban J connectivity index is 1.68. The summed E-state index contributed by atoms with van der Waals surface area (Å²) in [6.45, 7) is 1.81. The highest BCUT2D eigenvalue weighted by atomic mass is 32.2. The van der Waals surface area contributed by atoms with Crippen LogP contribution in [0.1, 0.15) is 12.5 Å². The topological polar surface area (TPSA) is 78.8 Å². The van der Waals surface area contributed by atoms with Gasteiger partial charge >= 0.3 is 0 Å². The van der Waals surface area contributed by atoms with Gasteiger partial charge in [0.1, 0.15) is 4.38 Å². The van der Waals surface area contributed by atoms with Crippen molar-refractivity contribution in [2.24, 2.45) is 4.99 Å². The molecule has 1 amide bonds. The predicted octanol–water partition coefficient (Wildman–Crippen LogP) is 3.93. The molecule has 0 aliphatic carbocycles. The van der Waals surface area contributed by atoms with E-state index in [2.05, 4.69) is 16.4 Å². The molecular formula is C19H21N3O3S3. The Morgan fingerprint density at radius 1 is 1.21 bits per heavy atom. The number of benzene rings is 2. The molecule has 1 aliphatic heterocycles. The maximum absolute atomic E-state index is 12.6. The molecule has 2 aromatic rings. The molecule has 2 aromatic carbocycles. The SMILES string of the molecule is CC(SC1=Nc2ccccc2CS1)C(=O)Nc1cccc(S(=O)(=O)N(C)C)c1. The molecule has 0 saturated heterocycles. The lowest BCUT2D eigenvalue weighted by atomic mass is 10.2. The van der Waals surface area contributed by atoms with Gasteiger partial charge in [-0.25, -0.2) is 17.7 Å². The Morgan fingerprint density at radius 2 is 1.96 bits per heavy atom. The number of aliphatic imine (C=N–C) groups is 1. The number of sulfonamides is 1. The van der Waals surface area contributed by atoms with Crippen molar-refractivity contribution in [3.05, 3.63) is 54.1 Å². The highest BCUT2D eigenvalue weighted by Crippen LogP contribution is 2.36. The molecule has 6 nitrogen and oxygen atoms in total. The molecule has 0 spiro atoms. The Morgan fingerprint density at radius 3 is 2.71 bits per heavy atom. The molecule has 0 aromatic heterocycles. The van der Waals surface area contributed by atoms with Gasteiger partial charge in [-0.2, -0.15) is 0 Å². The third kappa shape index (κ3) is 4.78. The van der Waals surface area contributed by atoms with E-state index in [-0.39, 0.29) is 16.1 Å². The van der Waals surface area contributed by atoms with Crippen LogP contribution in [0.2, 0.25) is 0 Å². The average Bonchev–Trinajstić information content (AvgIpc) is 2.68. The molecule has 1 aliphatic rings. The highest BCUT2D eigenvalue weighted by Gasteiger charge is 2.21. The van der Waals surface area contributed by atoms with Gasteiger partial charge in [-0.1, -0.05) is 47.8 Å². The number of carbonyl (C=O) groups excluding carboxylic acids is 1. The van der Waals surface area contributed by atoms with Crippen molar-refractivity contribution in [2.75, 3.05) is 19.4 Å². The second kappa shape index (κ2) is 8.69. The number of para-hydroxylation sites is 1. The minimum Gasteiger partial charge on any atom is -0.325 e. The fourth-order valence-corrected chi connectivity index (χ4v) is 5.60. The minimum atomic E-state index is -3.55. The zero-order valence-corrected chi connectivity index (χ0v) is 18.2. The second-order valence-corrected chi connectivity index (χ2v) is 11.1. The number of hydrogen-bond donors (Lipinski definition) is 1. The lowest BCUT2D eigenvalue weighted by molar-refractivity contribution is -0.115. The predicted molar refractivity (Wildman–Crippen MR) is 118 cm³/mol. The Kier molecular flexibility index (Phi) is 6.49. The molecule has 3 rings (SSSR count). The summed E-state index contributed by atoms with van der Waals surface area (Å²) in [6, 6.07) is 14.2. The lowest BCUT2D eigenvalue weighted by Gasteiger charge is -2.17. The highest BCUT2D eigenvalue weighted by molar-refractivity contribution is 8.39. The average molecular weight is 436 g/mol. The number of fused-ring (bicyclic) bond motifs is 1. The van der Waals surface area contributed by atoms with E-state index < -0.39 is 10.0 Å². The van der Waals surface area contributed by atoms with Crippen molar-refractivity contribution in [3.8, 4) is 0 Å². The number of carbonyl (C=O) groups is 1. The first-order chi connectivity index (χ1) is 13.3. The summed E-state index contributed by atoms with van der Waals surface area (Å²) in [4.78, 5) is 17.3. The smallest absolute Gasteiger partial charge is 0.242 e. The van der Waals surface area contributed by atoms with Crippen LogP contribution in [-0.4, -0.2) is 42.4 Å². The van der Waals surface area contributed by atoms with Gasteiger partial charge < -0.3 is 5.32 Å². The molecule has 0 bridgehead atoms. The van der Waals surface area contributed by atoms with Gasteiger partial charge in [0, 0.05) is 25.5 Å². The second-order valence-electron chi connectivity index (χ2n) is 6.36. The van der Waals surface area contributed by atoms with E-state index in [1.165, 1.54) is 43.6 Å². The summed E-state index contributed by atoms with van der Waals surface area (Å²) in [5.41, 5.74) is 2.58. The van der Waals surface area contributed by atoms with Crippen LogP contribution in [0.5, 0.6) is 0 Å². The molecule has 28 heavy (non-hydrogen) atoms. The first kappa shape index (κ1) is 20.9. The normalized spacial score (nSPS) is 14.9. The van der Waals surface area contributed by atoms with E-state index in [1.54, 1.807) is 23.9 Å². The van der Waals surface area contributed by atoms with Gasteiger partial charge in [-0.05, 0) is 36.8 Å². The number of amides is 1. The Bertz CT molecular complexity index is 1020. The van der Waals surface area contributed by atoms with Crippen LogP contribution < -0.4 is 5.32 Å². The van der Waals surface area contributed by atoms with Crippen LogP contribution in [0.25, 0.3) is 0 Å². The zero-order valence-electron chi connectivity index (χ0n) is 15.7. The number of anilines is 1. The fourth-order valence-electron chi connectivity index (χ4n) is 2.47. The quantitative estimate of drug-likeness (QED) is 0.770. The maximum Gasteiger partial charge on any atom is 0.242 e. The molecule has 0 fully saturated rings. The van der Waals surface area contributed by atoms with Gasteiger partial charge in [-0.15, -0.1) is 0 Å². The molecule has 1 heterocycles.